The Balaban J connectivity index is 0. The van der Waals surface area contributed by atoms with Gasteiger partial charge in [0.05, 0.1) is 21.1 Å². The quantitative estimate of drug-likeness (QED) is 0.226. The summed E-state index contributed by atoms with van der Waals surface area (Å²) in [4.78, 5) is 27.8. The maximum atomic E-state index is 8.88. The van der Waals surface area contributed by atoms with E-state index >= 15 is 0 Å². The first kappa shape index (κ1) is 17.0. The Morgan fingerprint density at radius 2 is 1.47 bits per heavy atom. The third-order valence-corrected chi connectivity index (χ3v) is 1.20. The van der Waals surface area contributed by atoms with Crippen LogP contribution in [0.15, 0.2) is 4.99 Å². The lowest BCUT2D eigenvalue weighted by atomic mass is 10.6. The van der Waals surface area contributed by atoms with Crippen molar-refractivity contribution in [2.24, 2.45) is 4.99 Å². The zero-order chi connectivity index (χ0) is 12.9. The van der Waals surface area contributed by atoms with E-state index in [1.165, 1.54) is 0 Å². The van der Waals surface area contributed by atoms with Gasteiger partial charge in [0.15, 0.2) is 0 Å². The molecule has 0 aromatic heterocycles. The normalized spacial score (nSPS) is 13.0. The first-order valence-electron chi connectivity index (χ1n) is 4.14. The van der Waals surface area contributed by atoms with Gasteiger partial charge < -0.3 is 19.6 Å². The molecule has 0 bridgehead atoms. The van der Waals surface area contributed by atoms with Crippen LogP contribution in [0.5, 0.6) is 0 Å². The molecular weight excluding hydrogens is 221 g/mol. The van der Waals surface area contributed by atoms with Gasteiger partial charge in [0.25, 0.3) is 5.96 Å². The van der Waals surface area contributed by atoms with Gasteiger partial charge in [0.1, 0.15) is 0 Å². The van der Waals surface area contributed by atoms with Gasteiger partial charge in [0.2, 0.25) is 0 Å². The third kappa shape index (κ3) is 13.5. The number of hydrogen-bond donors (Lipinski definition) is 3. The predicted molar refractivity (Wildman–Crippen MR) is 59.3 cm³/mol. The molecule has 0 heterocycles. The van der Waals surface area contributed by atoms with Crippen molar-refractivity contribution in [2.45, 2.75) is 0 Å². The molecule has 0 rings (SSSR count). The topological polar surface area (TPSA) is 93.4 Å². The summed E-state index contributed by atoms with van der Waals surface area (Å²) in [5.74, 6) is 1.07. The van der Waals surface area contributed by atoms with Crippen LogP contribution in [0.1, 0.15) is 0 Å². The number of nitrogens with zero attached hydrogens (tertiary/aromatic N) is 3. The monoisotopic (exact) mass is 242 g/mol. The van der Waals surface area contributed by atoms with E-state index in [4.69, 9.17) is 19.2 Å². The molecule has 3 N–H and O–H groups in total. The smallest absolute Gasteiger partial charge is 0.317 e. The Morgan fingerprint density at radius 3 is 1.47 bits per heavy atom. The number of aliphatic imine (C=N–C) groups is 1. The van der Waals surface area contributed by atoms with Gasteiger partial charge in [-0.25, -0.2) is 9.56 Å². The Labute approximate surface area is 90.5 Å². The average Bonchev–Trinajstić information content (AvgIpc) is 1.78. The first-order valence-corrected chi connectivity index (χ1v) is 5.70. The van der Waals surface area contributed by atoms with Crippen LogP contribution in [0.4, 0.5) is 0 Å². The molecule has 0 aliphatic heterocycles. The Bertz CT molecular complexity index is 245. The van der Waals surface area contributed by atoms with E-state index in [2.05, 4.69) is 26.1 Å². The lowest BCUT2D eigenvalue weighted by Crippen LogP contribution is -2.48. The van der Waals surface area contributed by atoms with Crippen molar-refractivity contribution in [2.75, 3.05) is 42.3 Å². The lowest BCUT2D eigenvalue weighted by molar-refractivity contribution is -0.782. The fourth-order valence-corrected chi connectivity index (χ4v) is 1.10. The highest BCUT2D eigenvalue weighted by molar-refractivity contribution is 7.45. The van der Waals surface area contributed by atoms with Gasteiger partial charge in [-0.15, -0.1) is 0 Å². The molecule has 92 valence electrons. The molecule has 0 aliphatic carbocycles. The van der Waals surface area contributed by atoms with Crippen molar-refractivity contribution in [3.8, 4) is 0 Å². The minimum atomic E-state index is -4.64. The van der Waals surface area contributed by atoms with Gasteiger partial charge in [0, 0.05) is 21.1 Å². The SMILES string of the molecule is CN=C(N(C)C)[N+](C)(C)C.O=P(O)(O)O. The number of rotatable bonds is 0. The molecule has 0 aromatic carbocycles. The molecule has 7 nitrogen and oxygen atoms in total. The van der Waals surface area contributed by atoms with Crippen LogP contribution in [0.2, 0.25) is 0 Å². The summed E-state index contributed by atoms with van der Waals surface area (Å²) < 4.78 is 9.65. The van der Waals surface area contributed by atoms with Gasteiger partial charge >= 0.3 is 7.82 Å². The lowest BCUT2D eigenvalue weighted by Gasteiger charge is -2.28. The van der Waals surface area contributed by atoms with E-state index in [0.717, 1.165) is 10.4 Å². The standard InChI is InChI=1S/C7H18N3.H3O4P/c1-8-7(9(2)3)10(4,5)6;1-5(2,3)4/h1-6H3;(H3,1,2,3,4)/q+1;. The van der Waals surface area contributed by atoms with E-state index in [1.54, 1.807) is 0 Å². The third-order valence-electron chi connectivity index (χ3n) is 1.20. The second-order valence-corrected chi connectivity index (χ2v) is 4.97. The summed E-state index contributed by atoms with van der Waals surface area (Å²) in [7, 11) is 7.49. The van der Waals surface area contributed by atoms with Crippen LogP contribution in [-0.4, -0.2) is 72.3 Å². The van der Waals surface area contributed by atoms with Crippen LogP contribution < -0.4 is 0 Å². The number of guanidine groups is 1. The van der Waals surface area contributed by atoms with E-state index in [1.807, 2.05) is 26.0 Å². The molecule has 0 saturated carbocycles. The van der Waals surface area contributed by atoms with Crippen molar-refractivity contribution in [1.29, 1.82) is 0 Å². The van der Waals surface area contributed by atoms with E-state index in [9.17, 15) is 0 Å². The van der Waals surface area contributed by atoms with E-state index in [-0.39, 0.29) is 0 Å². The maximum absolute atomic E-state index is 8.88. The second kappa shape index (κ2) is 6.19. The Kier molecular flexibility index (Phi) is 7.00. The number of phosphoric acid groups is 1. The zero-order valence-electron chi connectivity index (χ0n) is 10.0. The van der Waals surface area contributed by atoms with Crippen LogP contribution in [0.3, 0.4) is 0 Å². The van der Waals surface area contributed by atoms with Crippen molar-refractivity contribution < 1.29 is 23.7 Å². The summed E-state index contributed by atoms with van der Waals surface area (Å²) in [5, 5.41) is 0. The fourth-order valence-electron chi connectivity index (χ4n) is 1.10. The molecule has 0 saturated heterocycles. The van der Waals surface area contributed by atoms with Crippen molar-refractivity contribution in [1.82, 2.24) is 4.90 Å². The van der Waals surface area contributed by atoms with Crippen LogP contribution in [0.25, 0.3) is 0 Å². The van der Waals surface area contributed by atoms with Gasteiger partial charge in [-0.3, -0.25) is 4.48 Å². The molecule has 8 heteroatoms. The van der Waals surface area contributed by atoms with Crippen molar-refractivity contribution >= 4 is 13.8 Å². The summed E-state index contributed by atoms with van der Waals surface area (Å²) in [5.41, 5.74) is 0. The van der Waals surface area contributed by atoms with Gasteiger partial charge in [-0.1, -0.05) is 0 Å². The number of quaternary nitrogens is 1. The predicted octanol–water partition coefficient (Wildman–Crippen LogP) is -0.689. The minimum absolute atomic E-state index is 0.767. The van der Waals surface area contributed by atoms with Crippen LogP contribution >= 0.6 is 7.82 Å². The largest absolute Gasteiger partial charge is 0.466 e. The van der Waals surface area contributed by atoms with E-state index in [0.29, 0.717) is 0 Å². The number of hydrogen-bond acceptors (Lipinski definition) is 2. The molecule has 0 atom stereocenters. The maximum Gasteiger partial charge on any atom is 0.466 e. The molecule has 0 fully saturated rings. The Morgan fingerprint density at radius 1 is 1.20 bits per heavy atom. The minimum Gasteiger partial charge on any atom is -0.317 e. The van der Waals surface area contributed by atoms with Gasteiger partial charge in [-0.2, -0.15) is 0 Å². The van der Waals surface area contributed by atoms with Crippen LogP contribution in [0, 0.1) is 0 Å². The summed E-state index contributed by atoms with van der Waals surface area (Å²) in [6, 6.07) is 0. The highest BCUT2D eigenvalue weighted by Gasteiger charge is 2.18. The molecular formula is C7H21N3O4P+. The summed E-state index contributed by atoms with van der Waals surface area (Å²) >= 11 is 0. The van der Waals surface area contributed by atoms with E-state index < -0.39 is 7.82 Å². The summed E-state index contributed by atoms with van der Waals surface area (Å²) in [6.07, 6.45) is 0. The molecule has 0 spiro atoms. The van der Waals surface area contributed by atoms with Crippen molar-refractivity contribution in [3.63, 3.8) is 0 Å². The second-order valence-electron chi connectivity index (χ2n) is 3.94. The highest BCUT2D eigenvalue weighted by atomic mass is 31.2. The molecule has 15 heavy (non-hydrogen) atoms. The van der Waals surface area contributed by atoms with Crippen LogP contribution in [-0.2, 0) is 4.57 Å². The average molecular weight is 242 g/mol. The molecule has 0 amide bonds. The fraction of sp³-hybridized carbons (Fsp3) is 0.857. The zero-order valence-corrected chi connectivity index (χ0v) is 10.9. The summed E-state index contributed by atoms with van der Waals surface area (Å²) in [6.45, 7) is 0. The Hall–Kier alpha value is -0.460. The van der Waals surface area contributed by atoms with Crippen molar-refractivity contribution in [3.05, 3.63) is 0 Å². The first-order chi connectivity index (χ1) is 6.39. The molecule has 0 aromatic rings. The molecule has 0 radical (unpaired) electrons. The molecule has 0 aliphatic rings. The molecule has 0 unspecified atom stereocenters. The highest BCUT2D eigenvalue weighted by Crippen LogP contribution is 2.25. The van der Waals surface area contributed by atoms with Gasteiger partial charge in [-0.05, 0) is 0 Å².